The number of hydrogen-bond acceptors (Lipinski definition) is 4. The summed E-state index contributed by atoms with van der Waals surface area (Å²) in [6.07, 6.45) is 0.0729. The van der Waals surface area contributed by atoms with Gasteiger partial charge in [0.15, 0.2) is 15.9 Å². The van der Waals surface area contributed by atoms with Crippen molar-refractivity contribution in [2.75, 3.05) is 11.6 Å². The summed E-state index contributed by atoms with van der Waals surface area (Å²) in [5, 5.41) is 2.23. The third-order valence-corrected chi connectivity index (χ3v) is 4.25. The van der Waals surface area contributed by atoms with Gasteiger partial charge in [-0.15, -0.1) is 0 Å². The molecule has 2 aromatic rings. The van der Waals surface area contributed by atoms with E-state index < -0.39 is 33.5 Å². The molecule has 0 aromatic heterocycles. The molecule has 1 unspecified atom stereocenters. The number of carbonyl (C=O) groups excluding carboxylic acids is 1. The van der Waals surface area contributed by atoms with Crippen LogP contribution >= 0.6 is 0 Å². The van der Waals surface area contributed by atoms with E-state index in [1.54, 1.807) is 0 Å². The first kappa shape index (κ1) is 17.9. The van der Waals surface area contributed by atoms with Crippen molar-refractivity contribution in [3.8, 4) is 5.75 Å². The number of hydrogen-bond donors (Lipinski definition) is 1. The minimum absolute atomic E-state index is 0.119. The molecule has 0 aliphatic heterocycles. The van der Waals surface area contributed by atoms with E-state index in [2.05, 4.69) is 5.32 Å². The molecule has 0 heterocycles. The molecule has 0 aliphatic carbocycles. The molecule has 0 radical (unpaired) electrons. The average Bonchev–Trinajstić information content (AvgIpc) is 2.50. The first-order chi connectivity index (χ1) is 11.2. The largest absolute Gasteiger partial charge is 0.481 e. The van der Waals surface area contributed by atoms with Crippen LogP contribution in [0.1, 0.15) is 6.92 Å². The van der Waals surface area contributed by atoms with Gasteiger partial charge in [-0.05, 0) is 43.3 Å². The molecule has 0 saturated carbocycles. The third-order valence-electron chi connectivity index (χ3n) is 3.12. The molecule has 0 aliphatic rings. The Bertz CT molecular complexity index is 851. The molecule has 0 bridgehead atoms. The van der Waals surface area contributed by atoms with Crippen molar-refractivity contribution < 1.29 is 26.7 Å². The normalized spacial score (nSPS) is 12.5. The van der Waals surface area contributed by atoms with Crippen LogP contribution in [0.15, 0.2) is 47.4 Å². The van der Waals surface area contributed by atoms with E-state index in [-0.39, 0.29) is 16.3 Å². The van der Waals surface area contributed by atoms with E-state index in [1.807, 2.05) is 0 Å². The highest BCUT2D eigenvalue weighted by molar-refractivity contribution is 7.90. The van der Waals surface area contributed by atoms with Crippen LogP contribution in [0.3, 0.4) is 0 Å². The molecule has 1 N–H and O–H groups in total. The molecule has 2 aromatic carbocycles. The number of carbonyl (C=O) groups is 1. The quantitative estimate of drug-likeness (QED) is 0.895. The van der Waals surface area contributed by atoms with Crippen molar-refractivity contribution in [1.29, 1.82) is 0 Å². The maximum Gasteiger partial charge on any atom is 0.265 e. The lowest BCUT2D eigenvalue weighted by Crippen LogP contribution is -2.30. The minimum Gasteiger partial charge on any atom is -0.481 e. The predicted molar refractivity (Wildman–Crippen MR) is 84.6 cm³/mol. The van der Waals surface area contributed by atoms with Gasteiger partial charge in [-0.25, -0.2) is 17.2 Å². The summed E-state index contributed by atoms with van der Waals surface area (Å²) < 4.78 is 54.7. The van der Waals surface area contributed by atoms with Gasteiger partial charge in [0.2, 0.25) is 0 Å². The number of halogens is 2. The Kier molecular flexibility index (Phi) is 5.18. The maximum atomic E-state index is 13.5. The fraction of sp³-hybridized carbons (Fsp3) is 0.188. The monoisotopic (exact) mass is 355 g/mol. The van der Waals surface area contributed by atoms with Crippen LogP contribution < -0.4 is 10.1 Å². The lowest BCUT2D eigenvalue weighted by Gasteiger charge is -2.15. The van der Waals surface area contributed by atoms with Crippen LogP contribution in [-0.4, -0.2) is 26.7 Å². The first-order valence-electron chi connectivity index (χ1n) is 6.89. The number of sulfone groups is 1. The van der Waals surface area contributed by atoms with E-state index in [4.69, 9.17) is 4.74 Å². The topological polar surface area (TPSA) is 72.5 Å². The summed E-state index contributed by atoms with van der Waals surface area (Å²) >= 11 is 0. The zero-order valence-corrected chi connectivity index (χ0v) is 13.7. The fourth-order valence-corrected chi connectivity index (χ4v) is 2.48. The first-order valence-corrected chi connectivity index (χ1v) is 8.78. The molecule has 1 amide bonds. The highest BCUT2D eigenvalue weighted by Gasteiger charge is 2.17. The van der Waals surface area contributed by atoms with Crippen LogP contribution in [0.25, 0.3) is 0 Å². The number of nitrogens with one attached hydrogen (secondary N) is 1. The Morgan fingerprint density at radius 3 is 2.33 bits per heavy atom. The zero-order chi connectivity index (χ0) is 17.9. The molecular formula is C16H15F2NO4S. The Balaban J connectivity index is 2.05. The van der Waals surface area contributed by atoms with Crippen molar-refractivity contribution in [2.45, 2.75) is 17.9 Å². The Morgan fingerprint density at radius 2 is 1.75 bits per heavy atom. The van der Waals surface area contributed by atoms with Crippen LogP contribution in [-0.2, 0) is 14.6 Å². The number of anilines is 1. The van der Waals surface area contributed by atoms with E-state index >= 15 is 0 Å². The Hall–Kier alpha value is -2.48. The lowest BCUT2D eigenvalue weighted by atomic mass is 10.2. The molecule has 0 fully saturated rings. The summed E-state index contributed by atoms with van der Waals surface area (Å²) in [7, 11) is -3.33. The van der Waals surface area contributed by atoms with Gasteiger partial charge >= 0.3 is 0 Å². The summed E-state index contributed by atoms with van der Waals surface area (Å²) in [4.78, 5) is 12.1. The molecule has 8 heteroatoms. The molecule has 0 spiro atoms. The van der Waals surface area contributed by atoms with Crippen molar-refractivity contribution in [3.05, 3.63) is 54.1 Å². The van der Waals surface area contributed by atoms with Crippen molar-refractivity contribution in [2.24, 2.45) is 0 Å². The van der Waals surface area contributed by atoms with Crippen molar-refractivity contribution >= 4 is 21.4 Å². The second-order valence-corrected chi connectivity index (χ2v) is 7.13. The van der Waals surface area contributed by atoms with Gasteiger partial charge in [0.1, 0.15) is 17.4 Å². The van der Waals surface area contributed by atoms with Gasteiger partial charge < -0.3 is 10.1 Å². The van der Waals surface area contributed by atoms with Gasteiger partial charge in [-0.3, -0.25) is 4.79 Å². The van der Waals surface area contributed by atoms with E-state index in [0.29, 0.717) is 0 Å². The number of amides is 1. The molecular weight excluding hydrogens is 340 g/mol. The molecule has 1 atom stereocenters. The van der Waals surface area contributed by atoms with E-state index in [0.717, 1.165) is 24.5 Å². The summed E-state index contributed by atoms with van der Waals surface area (Å²) in [6, 6.07) is 8.21. The average molecular weight is 355 g/mol. The molecule has 5 nitrogen and oxygen atoms in total. The Morgan fingerprint density at radius 1 is 1.12 bits per heavy atom. The molecule has 128 valence electrons. The standard InChI is InChI=1S/C16H15F2NO4S/c1-10(16(20)19-15-9-11(17)3-8-14(15)18)23-12-4-6-13(7-5-12)24(2,21)22/h3-10H,1-2H3,(H,19,20). The summed E-state index contributed by atoms with van der Waals surface area (Å²) in [5.41, 5.74) is -0.289. The molecule has 2 rings (SSSR count). The van der Waals surface area contributed by atoms with Crippen LogP contribution in [0, 0.1) is 11.6 Å². The van der Waals surface area contributed by atoms with Crippen LogP contribution in [0.5, 0.6) is 5.75 Å². The zero-order valence-electron chi connectivity index (χ0n) is 12.9. The second kappa shape index (κ2) is 6.96. The van der Waals surface area contributed by atoms with E-state index in [9.17, 15) is 22.0 Å². The highest BCUT2D eigenvalue weighted by atomic mass is 32.2. The van der Waals surface area contributed by atoms with Gasteiger partial charge in [0.05, 0.1) is 10.6 Å². The third kappa shape index (κ3) is 4.51. The van der Waals surface area contributed by atoms with Gasteiger partial charge in [-0.1, -0.05) is 0 Å². The fourth-order valence-electron chi connectivity index (χ4n) is 1.85. The summed E-state index contributed by atoms with van der Waals surface area (Å²) in [6.45, 7) is 1.43. The Labute approximate surface area is 138 Å². The number of ether oxygens (including phenoxy) is 1. The lowest BCUT2D eigenvalue weighted by molar-refractivity contribution is -0.122. The van der Waals surface area contributed by atoms with Gasteiger partial charge in [-0.2, -0.15) is 0 Å². The highest BCUT2D eigenvalue weighted by Crippen LogP contribution is 2.19. The molecule has 0 saturated heterocycles. The van der Waals surface area contributed by atoms with Crippen LogP contribution in [0.2, 0.25) is 0 Å². The number of rotatable bonds is 5. The number of benzene rings is 2. The summed E-state index contributed by atoms with van der Waals surface area (Å²) in [5.74, 6) is -1.86. The van der Waals surface area contributed by atoms with Gasteiger partial charge in [0.25, 0.3) is 5.91 Å². The van der Waals surface area contributed by atoms with E-state index in [1.165, 1.54) is 31.2 Å². The molecule has 24 heavy (non-hydrogen) atoms. The smallest absolute Gasteiger partial charge is 0.265 e. The van der Waals surface area contributed by atoms with Crippen molar-refractivity contribution in [3.63, 3.8) is 0 Å². The maximum absolute atomic E-state index is 13.5. The van der Waals surface area contributed by atoms with Gasteiger partial charge in [0, 0.05) is 12.3 Å². The predicted octanol–water partition coefficient (Wildman–Crippen LogP) is 2.77. The van der Waals surface area contributed by atoms with Crippen molar-refractivity contribution in [1.82, 2.24) is 0 Å². The SMILES string of the molecule is CC(Oc1ccc(S(C)(=O)=O)cc1)C(=O)Nc1cc(F)ccc1F. The van der Waals surface area contributed by atoms with Crippen LogP contribution in [0.4, 0.5) is 14.5 Å². The second-order valence-electron chi connectivity index (χ2n) is 5.12. The minimum atomic E-state index is -3.33.